The average molecular weight is 405 g/mol. The maximum atomic E-state index is 13.6. The zero-order chi connectivity index (χ0) is 20.7. The molecule has 0 radical (unpaired) electrons. The number of aromatic nitrogens is 2. The summed E-state index contributed by atoms with van der Waals surface area (Å²) in [6.45, 7) is 0. The Bertz CT molecular complexity index is 1080. The molecule has 4 nitrogen and oxygen atoms in total. The lowest BCUT2D eigenvalue weighted by Crippen LogP contribution is -2.31. The van der Waals surface area contributed by atoms with Gasteiger partial charge < -0.3 is 5.21 Å². The number of fused-ring (bicyclic) bond motifs is 1. The molecule has 3 aromatic rings. The molecule has 0 atom stereocenters. The molecular formula is C24H21F2N3O. The van der Waals surface area contributed by atoms with E-state index in [2.05, 4.69) is 21.4 Å². The molecule has 1 fully saturated rings. The van der Waals surface area contributed by atoms with Crippen LogP contribution < -0.4 is 0 Å². The molecule has 2 N–H and O–H groups in total. The van der Waals surface area contributed by atoms with Crippen LogP contribution in [0.15, 0.2) is 59.8 Å². The molecule has 0 bridgehead atoms. The summed E-state index contributed by atoms with van der Waals surface area (Å²) in [5, 5.41) is 20.7. The highest BCUT2D eigenvalue weighted by atomic mass is 19.1. The minimum atomic E-state index is -0.592. The predicted octanol–water partition coefficient (Wildman–Crippen LogP) is 5.22. The number of oxime groups is 1. The molecule has 1 aromatic heterocycles. The van der Waals surface area contributed by atoms with E-state index in [9.17, 15) is 14.0 Å². The van der Waals surface area contributed by atoms with Crippen molar-refractivity contribution in [2.45, 2.75) is 31.1 Å². The number of hydrogen-bond donors (Lipinski definition) is 2. The van der Waals surface area contributed by atoms with Crippen LogP contribution in [-0.2, 0) is 11.8 Å². The zero-order valence-electron chi connectivity index (χ0n) is 16.3. The largest absolute Gasteiger partial charge is 0.411 e. The molecular weight excluding hydrogens is 384 g/mol. The Balaban J connectivity index is 1.61. The fraction of sp³-hybridized carbons (Fsp3) is 0.250. The van der Waals surface area contributed by atoms with E-state index in [0.717, 1.165) is 41.6 Å². The van der Waals surface area contributed by atoms with Gasteiger partial charge in [-0.25, -0.2) is 8.78 Å². The van der Waals surface area contributed by atoms with Crippen molar-refractivity contribution in [2.24, 2.45) is 11.1 Å². The molecule has 30 heavy (non-hydrogen) atoms. The average Bonchev–Trinajstić information content (AvgIpc) is 3.14. The van der Waals surface area contributed by atoms with Crippen LogP contribution in [-0.4, -0.2) is 21.1 Å². The van der Waals surface area contributed by atoms with Crippen molar-refractivity contribution in [1.82, 2.24) is 10.2 Å². The van der Waals surface area contributed by atoms with Crippen molar-refractivity contribution in [2.75, 3.05) is 0 Å². The summed E-state index contributed by atoms with van der Waals surface area (Å²) >= 11 is 0. The Hall–Kier alpha value is -3.28. The van der Waals surface area contributed by atoms with Gasteiger partial charge in [0.05, 0.1) is 0 Å². The second-order valence-corrected chi connectivity index (χ2v) is 8.07. The van der Waals surface area contributed by atoms with Crippen molar-refractivity contribution in [3.63, 3.8) is 0 Å². The van der Waals surface area contributed by atoms with Gasteiger partial charge in [0.1, 0.15) is 23.0 Å². The first-order chi connectivity index (χ1) is 14.6. The Labute approximate surface area is 173 Å². The fourth-order valence-electron chi connectivity index (χ4n) is 4.52. The molecule has 0 unspecified atom stereocenters. The van der Waals surface area contributed by atoms with Gasteiger partial charge in [-0.3, -0.25) is 5.10 Å². The van der Waals surface area contributed by atoms with Gasteiger partial charge in [-0.2, -0.15) is 5.10 Å². The number of hydrogen-bond acceptors (Lipinski definition) is 3. The van der Waals surface area contributed by atoms with Crippen LogP contribution in [0.5, 0.6) is 0 Å². The first-order valence-corrected chi connectivity index (χ1v) is 10.1. The molecule has 6 heteroatoms. The first-order valence-electron chi connectivity index (χ1n) is 10.1. The second-order valence-electron chi connectivity index (χ2n) is 8.07. The van der Waals surface area contributed by atoms with E-state index in [1.807, 2.05) is 6.08 Å². The lowest BCUT2D eigenvalue weighted by Gasteiger charge is -2.34. The van der Waals surface area contributed by atoms with Crippen LogP contribution in [0.1, 0.15) is 47.3 Å². The van der Waals surface area contributed by atoms with E-state index in [0.29, 0.717) is 17.8 Å². The minimum Gasteiger partial charge on any atom is -0.411 e. The minimum absolute atomic E-state index is 0.233. The van der Waals surface area contributed by atoms with Crippen LogP contribution in [0.2, 0.25) is 0 Å². The summed E-state index contributed by atoms with van der Waals surface area (Å²) in [7, 11) is 0. The molecule has 2 aliphatic carbocycles. The van der Waals surface area contributed by atoms with Gasteiger partial charge in [-0.05, 0) is 48.2 Å². The molecule has 1 heterocycles. The molecule has 0 saturated heterocycles. The van der Waals surface area contributed by atoms with Crippen LogP contribution in [0, 0.1) is 17.6 Å². The van der Waals surface area contributed by atoms with Crippen molar-refractivity contribution >= 4 is 11.8 Å². The number of H-pyrrole nitrogens is 1. The van der Waals surface area contributed by atoms with E-state index in [4.69, 9.17) is 0 Å². The molecule has 0 aliphatic heterocycles. The van der Waals surface area contributed by atoms with Gasteiger partial charge in [-0.1, -0.05) is 48.0 Å². The highest BCUT2D eigenvalue weighted by molar-refractivity contribution is 6.03. The quantitative estimate of drug-likeness (QED) is 0.355. The van der Waals surface area contributed by atoms with Crippen LogP contribution >= 0.6 is 0 Å². The Morgan fingerprint density at radius 3 is 2.10 bits per heavy atom. The normalized spacial score (nSPS) is 18.1. The van der Waals surface area contributed by atoms with E-state index >= 15 is 0 Å². The molecule has 5 rings (SSSR count). The summed E-state index contributed by atoms with van der Waals surface area (Å²) in [6.07, 6.45) is 7.72. The Kier molecular flexibility index (Phi) is 4.50. The number of benzene rings is 2. The molecule has 0 spiro atoms. The smallest absolute Gasteiger partial charge is 0.123 e. The molecule has 152 valence electrons. The number of halogens is 2. The fourth-order valence-corrected chi connectivity index (χ4v) is 4.52. The molecule has 1 saturated carbocycles. The van der Waals surface area contributed by atoms with E-state index in [1.54, 1.807) is 24.3 Å². The predicted molar refractivity (Wildman–Crippen MR) is 111 cm³/mol. The van der Waals surface area contributed by atoms with Gasteiger partial charge in [0, 0.05) is 29.0 Å². The van der Waals surface area contributed by atoms with Crippen molar-refractivity contribution < 1.29 is 14.0 Å². The third-order valence-electron chi connectivity index (χ3n) is 6.43. The standard InChI is InChI=1S/C24H21F2N3O/c25-18-8-4-16(5-9-18)24(17-6-10-19(26)11-7-17)13-12-20-21(14-24)27-28-23(20)22(29-30)15-2-1-3-15/h4-13,15,30H,1-3,14H2,(H,27,28). The van der Waals surface area contributed by atoms with Crippen LogP contribution in [0.3, 0.4) is 0 Å². The Morgan fingerprint density at radius 1 is 1.00 bits per heavy atom. The lowest BCUT2D eigenvalue weighted by molar-refractivity contribution is 0.305. The van der Waals surface area contributed by atoms with Crippen LogP contribution in [0.4, 0.5) is 8.78 Å². The third kappa shape index (κ3) is 2.95. The third-order valence-corrected chi connectivity index (χ3v) is 6.43. The Morgan fingerprint density at radius 2 is 1.60 bits per heavy atom. The van der Waals surface area contributed by atoms with Gasteiger partial charge in [0.2, 0.25) is 0 Å². The maximum absolute atomic E-state index is 13.6. The molecule has 0 amide bonds. The summed E-state index contributed by atoms with van der Waals surface area (Å²) < 4.78 is 27.2. The van der Waals surface area contributed by atoms with E-state index in [1.165, 1.54) is 24.3 Å². The molecule has 2 aromatic carbocycles. The van der Waals surface area contributed by atoms with Gasteiger partial charge in [-0.15, -0.1) is 0 Å². The van der Waals surface area contributed by atoms with Crippen molar-refractivity contribution in [3.8, 4) is 0 Å². The zero-order valence-corrected chi connectivity index (χ0v) is 16.3. The summed E-state index contributed by atoms with van der Waals surface area (Å²) in [6, 6.07) is 12.8. The number of nitrogens with zero attached hydrogens (tertiary/aromatic N) is 2. The van der Waals surface area contributed by atoms with E-state index in [-0.39, 0.29) is 17.6 Å². The lowest BCUT2D eigenvalue weighted by atomic mass is 9.68. The number of allylic oxidation sites excluding steroid dienone is 1. The first kappa shape index (κ1) is 18.7. The summed E-state index contributed by atoms with van der Waals surface area (Å²) in [4.78, 5) is 0. The number of nitrogens with one attached hydrogen (secondary N) is 1. The number of rotatable bonds is 4. The van der Waals surface area contributed by atoms with Crippen molar-refractivity contribution in [1.29, 1.82) is 0 Å². The van der Waals surface area contributed by atoms with Crippen molar-refractivity contribution in [3.05, 3.63) is 94.3 Å². The monoisotopic (exact) mass is 405 g/mol. The topological polar surface area (TPSA) is 61.3 Å². The SMILES string of the molecule is ON=C(c1n[nH]c2c1C=CC(c1ccc(F)cc1)(c1ccc(F)cc1)C2)C1CCC1. The van der Waals surface area contributed by atoms with Gasteiger partial charge in [0.25, 0.3) is 0 Å². The number of aromatic amines is 1. The van der Waals surface area contributed by atoms with Crippen LogP contribution in [0.25, 0.3) is 6.08 Å². The van der Waals surface area contributed by atoms with Gasteiger partial charge in [0.15, 0.2) is 0 Å². The highest BCUT2D eigenvalue weighted by Gasteiger charge is 2.38. The highest BCUT2D eigenvalue weighted by Crippen LogP contribution is 2.42. The summed E-state index contributed by atoms with van der Waals surface area (Å²) in [5.41, 5.74) is 4.34. The molecule has 2 aliphatic rings. The maximum Gasteiger partial charge on any atom is 0.123 e. The van der Waals surface area contributed by atoms with Gasteiger partial charge >= 0.3 is 0 Å². The van der Waals surface area contributed by atoms with E-state index < -0.39 is 5.41 Å². The second kappa shape index (κ2) is 7.20. The summed E-state index contributed by atoms with van der Waals surface area (Å²) in [5.74, 6) is -0.375.